The molecule has 0 aromatic heterocycles. The average molecular weight is 581 g/mol. The van der Waals surface area contributed by atoms with Gasteiger partial charge in [0, 0.05) is 18.2 Å². The number of ether oxygens (including phenoxy) is 3. The number of esters is 1. The summed E-state index contributed by atoms with van der Waals surface area (Å²) in [6.45, 7) is -0.560. The third-order valence-electron chi connectivity index (χ3n) is 6.24. The van der Waals surface area contributed by atoms with Crippen molar-refractivity contribution in [1.82, 2.24) is 0 Å². The molecule has 12 nitrogen and oxygen atoms in total. The van der Waals surface area contributed by atoms with Gasteiger partial charge in [-0.3, -0.25) is 4.79 Å². The van der Waals surface area contributed by atoms with E-state index in [0.29, 0.717) is 11.1 Å². The van der Waals surface area contributed by atoms with Crippen LogP contribution in [0.2, 0.25) is 0 Å². The van der Waals surface area contributed by atoms with Crippen LogP contribution in [0.3, 0.4) is 0 Å². The molecule has 42 heavy (non-hydrogen) atoms. The van der Waals surface area contributed by atoms with Crippen molar-refractivity contribution in [3.05, 3.63) is 89.5 Å². The number of rotatable bonds is 9. The number of aromatic hydroxyl groups is 4. The van der Waals surface area contributed by atoms with Gasteiger partial charge in [-0.25, -0.2) is 4.79 Å². The number of hydrogen-bond acceptors (Lipinski definition) is 12. The van der Waals surface area contributed by atoms with Crippen LogP contribution in [-0.2, 0) is 14.3 Å². The molecule has 1 aliphatic rings. The van der Waals surface area contributed by atoms with E-state index in [1.54, 1.807) is 24.3 Å². The van der Waals surface area contributed by atoms with E-state index in [0.717, 1.165) is 24.3 Å². The van der Waals surface area contributed by atoms with Crippen molar-refractivity contribution in [1.29, 1.82) is 0 Å². The highest BCUT2D eigenvalue weighted by atomic mass is 16.7. The summed E-state index contributed by atoms with van der Waals surface area (Å²) >= 11 is 0. The van der Waals surface area contributed by atoms with E-state index < -0.39 is 71.9 Å². The number of aliphatic hydroxyl groups is 3. The molecular formula is C30H28O12. The van der Waals surface area contributed by atoms with E-state index in [1.807, 2.05) is 0 Å². The molecule has 1 saturated heterocycles. The minimum absolute atomic E-state index is 0.0299. The predicted molar refractivity (Wildman–Crippen MR) is 147 cm³/mol. The Labute approximate surface area is 239 Å². The van der Waals surface area contributed by atoms with E-state index in [2.05, 4.69) is 0 Å². The van der Waals surface area contributed by atoms with Crippen molar-refractivity contribution in [3.8, 4) is 28.7 Å². The van der Waals surface area contributed by atoms with Gasteiger partial charge in [0.25, 0.3) is 0 Å². The van der Waals surface area contributed by atoms with Crippen LogP contribution in [0.4, 0.5) is 0 Å². The van der Waals surface area contributed by atoms with Gasteiger partial charge in [0.05, 0.1) is 0 Å². The molecule has 220 valence electrons. The van der Waals surface area contributed by atoms with Gasteiger partial charge in [0.1, 0.15) is 65.3 Å². The maximum atomic E-state index is 13.0. The lowest BCUT2D eigenvalue weighted by molar-refractivity contribution is -0.278. The Morgan fingerprint density at radius 2 is 1.31 bits per heavy atom. The van der Waals surface area contributed by atoms with E-state index in [4.69, 9.17) is 14.2 Å². The van der Waals surface area contributed by atoms with Crippen LogP contribution in [0.15, 0.2) is 72.8 Å². The molecule has 0 bridgehead atoms. The summed E-state index contributed by atoms with van der Waals surface area (Å²) in [5.74, 6) is -3.04. The standard InChI is InChI=1S/C30H28O12/c31-18-7-1-16(2-8-18)5-11-21(34)26-22(35)13-20(33)14-23(26)41-30-29(39)28(38)27(37)24(42-30)15-40-25(36)12-6-17-3-9-19(32)10-4-17/h1-14,24,27-33,35,37-39H,15H2/b11-5+,12-6+/t24-,27+,28+,29-,30-/m1/s1. The fourth-order valence-corrected chi connectivity index (χ4v) is 4.01. The number of ketones is 1. The molecule has 5 atom stereocenters. The van der Waals surface area contributed by atoms with E-state index in [1.165, 1.54) is 36.4 Å². The fourth-order valence-electron chi connectivity index (χ4n) is 4.01. The van der Waals surface area contributed by atoms with Gasteiger partial charge >= 0.3 is 5.97 Å². The lowest BCUT2D eigenvalue weighted by Crippen LogP contribution is -2.60. The van der Waals surface area contributed by atoms with Gasteiger partial charge in [-0.15, -0.1) is 0 Å². The van der Waals surface area contributed by atoms with Crippen LogP contribution >= 0.6 is 0 Å². The second-order valence-corrected chi connectivity index (χ2v) is 9.31. The molecule has 0 amide bonds. The van der Waals surface area contributed by atoms with Crippen molar-refractivity contribution < 1.29 is 59.5 Å². The molecule has 0 radical (unpaired) electrons. The first-order valence-corrected chi connectivity index (χ1v) is 12.6. The monoisotopic (exact) mass is 580 g/mol. The lowest BCUT2D eigenvalue weighted by atomic mass is 9.99. The van der Waals surface area contributed by atoms with Crippen LogP contribution in [-0.4, -0.2) is 84.8 Å². The number of carbonyl (C=O) groups is 2. The normalized spacial score (nSPS) is 22.3. The molecular weight excluding hydrogens is 552 g/mol. The number of hydrogen-bond donors (Lipinski definition) is 7. The minimum atomic E-state index is -1.85. The van der Waals surface area contributed by atoms with E-state index in [-0.39, 0.29) is 11.5 Å². The third kappa shape index (κ3) is 7.44. The highest BCUT2D eigenvalue weighted by Crippen LogP contribution is 2.36. The number of phenols is 4. The van der Waals surface area contributed by atoms with Crippen LogP contribution < -0.4 is 4.74 Å². The Hall–Kier alpha value is -4.88. The molecule has 3 aromatic rings. The first-order valence-electron chi connectivity index (χ1n) is 12.6. The molecule has 1 aliphatic heterocycles. The van der Waals surface area contributed by atoms with Gasteiger partial charge in [-0.1, -0.05) is 30.3 Å². The maximum absolute atomic E-state index is 13.0. The Morgan fingerprint density at radius 1 is 0.738 bits per heavy atom. The van der Waals surface area contributed by atoms with Gasteiger partial charge in [-0.05, 0) is 47.5 Å². The topological polar surface area (TPSA) is 203 Å². The number of benzene rings is 3. The van der Waals surface area contributed by atoms with Gasteiger partial charge in [0.15, 0.2) is 5.78 Å². The molecule has 0 aliphatic carbocycles. The Balaban J connectivity index is 1.47. The largest absolute Gasteiger partial charge is 0.508 e. The molecule has 7 N–H and O–H groups in total. The van der Waals surface area contributed by atoms with E-state index >= 15 is 0 Å². The number of aliphatic hydroxyl groups excluding tert-OH is 3. The molecule has 1 heterocycles. The van der Waals surface area contributed by atoms with Crippen LogP contribution in [0.1, 0.15) is 21.5 Å². The summed E-state index contributed by atoms with van der Waals surface area (Å²) < 4.78 is 16.2. The number of allylic oxidation sites excluding steroid dienone is 1. The fraction of sp³-hybridized carbons (Fsp3) is 0.200. The average Bonchev–Trinajstić information content (AvgIpc) is 2.95. The molecule has 1 fully saturated rings. The molecule has 0 spiro atoms. The highest BCUT2D eigenvalue weighted by molar-refractivity contribution is 6.10. The minimum Gasteiger partial charge on any atom is -0.508 e. The molecule has 0 unspecified atom stereocenters. The molecule has 12 heteroatoms. The first-order chi connectivity index (χ1) is 20.0. The molecule has 3 aromatic carbocycles. The zero-order valence-corrected chi connectivity index (χ0v) is 21.8. The van der Waals surface area contributed by atoms with E-state index in [9.17, 15) is 45.3 Å². The summed E-state index contributed by atoms with van der Waals surface area (Å²) in [6.07, 6.45) is -3.43. The first kappa shape index (κ1) is 30.1. The summed E-state index contributed by atoms with van der Waals surface area (Å²) in [7, 11) is 0. The Bertz CT molecular complexity index is 1460. The second kappa shape index (κ2) is 13.2. The summed E-state index contributed by atoms with van der Waals surface area (Å²) in [6, 6.07) is 13.8. The van der Waals surface area contributed by atoms with Crippen LogP contribution in [0.5, 0.6) is 28.7 Å². The van der Waals surface area contributed by atoms with Crippen LogP contribution in [0, 0.1) is 0 Å². The lowest BCUT2D eigenvalue weighted by Gasteiger charge is -2.40. The van der Waals surface area contributed by atoms with Gasteiger partial charge in [-0.2, -0.15) is 0 Å². The van der Waals surface area contributed by atoms with Crippen molar-refractivity contribution >= 4 is 23.9 Å². The van der Waals surface area contributed by atoms with Crippen molar-refractivity contribution in [2.24, 2.45) is 0 Å². The maximum Gasteiger partial charge on any atom is 0.330 e. The van der Waals surface area contributed by atoms with Crippen molar-refractivity contribution in [2.75, 3.05) is 6.61 Å². The second-order valence-electron chi connectivity index (χ2n) is 9.31. The SMILES string of the molecule is O=C(/C=C/c1ccc(O)cc1)OC[C@H]1O[C@@H](Oc2cc(O)cc(O)c2C(=O)/C=C/c2ccc(O)cc2)[C@H](O)[C@@H](O)[C@H]1O. The van der Waals surface area contributed by atoms with Crippen molar-refractivity contribution in [3.63, 3.8) is 0 Å². The predicted octanol–water partition coefficient (Wildman–Crippen LogP) is 1.85. The zero-order chi connectivity index (χ0) is 30.4. The zero-order valence-electron chi connectivity index (χ0n) is 21.8. The highest BCUT2D eigenvalue weighted by Gasteiger charge is 2.45. The van der Waals surface area contributed by atoms with Crippen LogP contribution in [0.25, 0.3) is 12.2 Å². The quantitative estimate of drug-likeness (QED) is 0.110. The number of carbonyl (C=O) groups excluding carboxylic acids is 2. The van der Waals surface area contributed by atoms with Gasteiger partial charge < -0.3 is 50.0 Å². The Kier molecular flexibility index (Phi) is 9.45. The smallest absolute Gasteiger partial charge is 0.330 e. The molecule has 0 saturated carbocycles. The summed E-state index contributed by atoms with van der Waals surface area (Å²) in [4.78, 5) is 25.1. The summed E-state index contributed by atoms with van der Waals surface area (Å²) in [5, 5.41) is 70.4. The number of phenolic OH excluding ortho intramolecular Hbond substituents is 4. The third-order valence-corrected chi connectivity index (χ3v) is 6.24. The molecule has 4 rings (SSSR count). The van der Waals surface area contributed by atoms with Gasteiger partial charge in [0.2, 0.25) is 6.29 Å². The summed E-state index contributed by atoms with van der Waals surface area (Å²) in [5.41, 5.74) is 0.755. The Morgan fingerprint density at radius 3 is 1.90 bits per heavy atom. The van der Waals surface area contributed by atoms with Crippen molar-refractivity contribution in [2.45, 2.75) is 30.7 Å².